The molecule has 0 amide bonds. The van der Waals surface area contributed by atoms with Crippen LogP contribution >= 0.6 is 27.5 Å². The molecular weight excluding hydrogens is 305 g/mol. The second-order valence-corrected chi connectivity index (χ2v) is 5.17. The van der Waals surface area contributed by atoms with Crippen LogP contribution in [0.15, 0.2) is 42.7 Å². The Morgan fingerprint density at radius 1 is 1.24 bits per heavy atom. The zero-order valence-electron chi connectivity index (χ0n) is 8.91. The summed E-state index contributed by atoms with van der Waals surface area (Å²) < 4.78 is 13.7. The van der Waals surface area contributed by atoms with Crippen molar-refractivity contribution in [1.82, 2.24) is 4.98 Å². The Morgan fingerprint density at radius 3 is 2.59 bits per heavy atom. The normalized spacial score (nSPS) is 12.4. The summed E-state index contributed by atoms with van der Waals surface area (Å²) >= 11 is 9.49. The van der Waals surface area contributed by atoms with E-state index in [4.69, 9.17) is 11.6 Å². The molecule has 1 atom stereocenters. The first-order chi connectivity index (χ1) is 8.18. The molecule has 1 aromatic carbocycles. The molecule has 0 aliphatic carbocycles. The minimum absolute atomic E-state index is 0.140. The smallest absolute Gasteiger partial charge is 0.129 e. The highest BCUT2D eigenvalue weighted by molar-refractivity contribution is 9.09. The lowest BCUT2D eigenvalue weighted by Crippen LogP contribution is -1.99. The van der Waals surface area contributed by atoms with Gasteiger partial charge in [-0.2, -0.15) is 0 Å². The lowest BCUT2D eigenvalue weighted by atomic mass is 10.0. The maximum absolute atomic E-state index is 13.7. The summed E-state index contributed by atoms with van der Waals surface area (Å²) in [6, 6.07) is 8.53. The summed E-state index contributed by atoms with van der Waals surface area (Å²) in [4.78, 5) is 3.80. The fourth-order valence-corrected chi connectivity index (χ4v) is 2.90. The van der Waals surface area contributed by atoms with Crippen molar-refractivity contribution in [3.05, 3.63) is 64.7 Å². The van der Waals surface area contributed by atoms with E-state index in [0.29, 0.717) is 17.0 Å². The van der Waals surface area contributed by atoms with Gasteiger partial charge in [-0.3, -0.25) is 4.98 Å². The average molecular weight is 315 g/mol. The first kappa shape index (κ1) is 12.5. The Kier molecular flexibility index (Phi) is 4.13. The summed E-state index contributed by atoms with van der Waals surface area (Å²) in [6.07, 6.45) is 4.11. The predicted molar refractivity (Wildman–Crippen MR) is 71.0 cm³/mol. The van der Waals surface area contributed by atoms with Gasteiger partial charge in [-0.05, 0) is 36.2 Å². The number of nitrogens with zero attached hydrogens (tertiary/aromatic N) is 1. The number of rotatable bonds is 3. The quantitative estimate of drug-likeness (QED) is 0.757. The third kappa shape index (κ3) is 3.05. The lowest BCUT2D eigenvalue weighted by Gasteiger charge is -2.12. The van der Waals surface area contributed by atoms with Crippen LogP contribution in [0.3, 0.4) is 0 Å². The highest BCUT2D eigenvalue weighted by atomic mass is 79.9. The van der Waals surface area contributed by atoms with Gasteiger partial charge in [0.05, 0.1) is 0 Å². The predicted octanol–water partition coefficient (Wildman–Crippen LogP) is 4.55. The number of halogens is 3. The number of benzene rings is 1. The van der Waals surface area contributed by atoms with E-state index in [0.717, 1.165) is 5.56 Å². The van der Waals surface area contributed by atoms with E-state index in [9.17, 15) is 4.39 Å². The van der Waals surface area contributed by atoms with Gasteiger partial charge in [0.15, 0.2) is 0 Å². The standard InChI is InChI=1S/C13H10BrClFN/c14-10(8-9-4-6-17-7-5-9)13-11(15)2-1-3-12(13)16/h1-7,10H,8H2. The van der Waals surface area contributed by atoms with Crippen molar-refractivity contribution in [2.45, 2.75) is 11.2 Å². The summed E-state index contributed by atoms with van der Waals surface area (Å²) in [5.41, 5.74) is 1.59. The van der Waals surface area contributed by atoms with E-state index in [1.807, 2.05) is 12.1 Å². The third-order valence-electron chi connectivity index (χ3n) is 2.48. The molecule has 2 aromatic rings. The average Bonchev–Trinajstić information content (AvgIpc) is 2.30. The molecule has 17 heavy (non-hydrogen) atoms. The van der Waals surface area contributed by atoms with Gasteiger partial charge in [-0.25, -0.2) is 4.39 Å². The van der Waals surface area contributed by atoms with Gasteiger partial charge in [-0.1, -0.05) is 33.6 Å². The Labute approximate surface area is 113 Å². The minimum Gasteiger partial charge on any atom is -0.265 e. The van der Waals surface area contributed by atoms with E-state index in [-0.39, 0.29) is 10.6 Å². The fourth-order valence-electron chi connectivity index (χ4n) is 1.64. The second kappa shape index (κ2) is 5.61. The summed E-state index contributed by atoms with van der Waals surface area (Å²) in [7, 11) is 0. The SMILES string of the molecule is Fc1cccc(Cl)c1C(Br)Cc1ccncc1. The van der Waals surface area contributed by atoms with Crippen molar-refractivity contribution >= 4 is 27.5 Å². The molecule has 0 radical (unpaired) electrons. The van der Waals surface area contributed by atoms with Gasteiger partial charge >= 0.3 is 0 Å². The van der Waals surface area contributed by atoms with Crippen molar-refractivity contribution in [2.75, 3.05) is 0 Å². The van der Waals surface area contributed by atoms with Crippen LogP contribution in [0.25, 0.3) is 0 Å². The Hall–Kier alpha value is -0.930. The van der Waals surface area contributed by atoms with Crippen molar-refractivity contribution in [1.29, 1.82) is 0 Å². The Bertz CT molecular complexity index is 484. The topological polar surface area (TPSA) is 12.9 Å². The largest absolute Gasteiger partial charge is 0.265 e. The van der Waals surface area contributed by atoms with Crippen molar-refractivity contribution in [3.63, 3.8) is 0 Å². The first-order valence-electron chi connectivity index (χ1n) is 5.15. The number of alkyl halides is 1. The highest BCUT2D eigenvalue weighted by Gasteiger charge is 2.16. The zero-order chi connectivity index (χ0) is 12.3. The van der Waals surface area contributed by atoms with Crippen LogP contribution in [0.5, 0.6) is 0 Å². The zero-order valence-corrected chi connectivity index (χ0v) is 11.2. The summed E-state index contributed by atoms with van der Waals surface area (Å²) in [5.74, 6) is -0.284. The van der Waals surface area contributed by atoms with Gasteiger partial charge < -0.3 is 0 Å². The van der Waals surface area contributed by atoms with Crippen LogP contribution in [-0.4, -0.2) is 4.98 Å². The second-order valence-electron chi connectivity index (χ2n) is 3.66. The maximum Gasteiger partial charge on any atom is 0.129 e. The number of aromatic nitrogens is 1. The van der Waals surface area contributed by atoms with Gasteiger partial charge in [0, 0.05) is 27.8 Å². The lowest BCUT2D eigenvalue weighted by molar-refractivity contribution is 0.608. The molecule has 1 nitrogen and oxygen atoms in total. The van der Waals surface area contributed by atoms with Crippen LogP contribution in [0.2, 0.25) is 5.02 Å². The molecule has 2 rings (SSSR count). The fraction of sp³-hybridized carbons (Fsp3) is 0.154. The van der Waals surface area contributed by atoms with Crippen LogP contribution < -0.4 is 0 Å². The molecule has 0 fully saturated rings. The van der Waals surface area contributed by atoms with E-state index in [1.54, 1.807) is 24.5 Å². The van der Waals surface area contributed by atoms with Crippen LogP contribution in [-0.2, 0) is 6.42 Å². The molecule has 0 bridgehead atoms. The third-order valence-corrected chi connectivity index (χ3v) is 3.59. The molecule has 0 aliphatic rings. The van der Waals surface area contributed by atoms with Crippen LogP contribution in [0, 0.1) is 5.82 Å². The Morgan fingerprint density at radius 2 is 1.94 bits per heavy atom. The van der Waals surface area contributed by atoms with E-state index in [2.05, 4.69) is 20.9 Å². The molecule has 1 heterocycles. The molecule has 0 spiro atoms. The van der Waals surface area contributed by atoms with Crippen LogP contribution in [0.4, 0.5) is 4.39 Å². The molecule has 0 N–H and O–H groups in total. The monoisotopic (exact) mass is 313 g/mol. The van der Waals surface area contributed by atoms with Crippen LogP contribution in [0.1, 0.15) is 16.0 Å². The molecule has 0 aliphatic heterocycles. The molecule has 1 unspecified atom stereocenters. The minimum atomic E-state index is -0.284. The van der Waals surface area contributed by atoms with E-state index in [1.165, 1.54) is 6.07 Å². The number of pyridine rings is 1. The van der Waals surface area contributed by atoms with E-state index >= 15 is 0 Å². The molecule has 0 saturated carbocycles. The molecule has 0 saturated heterocycles. The van der Waals surface area contributed by atoms with Gasteiger partial charge in [0.25, 0.3) is 0 Å². The van der Waals surface area contributed by atoms with Crippen molar-refractivity contribution in [2.24, 2.45) is 0 Å². The van der Waals surface area contributed by atoms with Crippen molar-refractivity contribution in [3.8, 4) is 0 Å². The first-order valence-corrected chi connectivity index (χ1v) is 6.44. The maximum atomic E-state index is 13.7. The molecule has 88 valence electrons. The number of hydrogen-bond donors (Lipinski definition) is 0. The van der Waals surface area contributed by atoms with Crippen molar-refractivity contribution < 1.29 is 4.39 Å². The van der Waals surface area contributed by atoms with Gasteiger partial charge in [0.1, 0.15) is 5.82 Å². The highest BCUT2D eigenvalue weighted by Crippen LogP contribution is 2.34. The summed E-state index contributed by atoms with van der Waals surface area (Å²) in [6.45, 7) is 0. The molecule has 1 aromatic heterocycles. The van der Waals surface area contributed by atoms with Gasteiger partial charge in [-0.15, -0.1) is 0 Å². The number of hydrogen-bond acceptors (Lipinski definition) is 1. The molecular formula is C13H10BrClFN. The Balaban J connectivity index is 2.23. The van der Waals surface area contributed by atoms with Gasteiger partial charge in [0.2, 0.25) is 0 Å². The van der Waals surface area contributed by atoms with E-state index < -0.39 is 0 Å². The summed E-state index contributed by atoms with van der Waals surface area (Å²) in [5, 5.41) is 0.445. The molecule has 4 heteroatoms.